The van der Waals surface area contributed by atoms with Gasteiger partial charge in [-0.2, -0.15) is 0 Å². The topological polar surface area (TPSA) is 12.5 Å². The summed E-state index contributed by atoms with van der Waals surface area (Å²) in [5, 5.41) is 0. The molecule has 0 spiro atoms. The van der Waals surface area contributed by atoms with Gasteiger partial charge in [-0.25, -0.2) is 0 Å². The minimum atomic E-state index is 0.585. The molecule has 2 heterocycles. The molecule has 24 heavy (non-hydrogen) atoms. The van der Waals surface area contributed by atoms with Crippen molar-refractivity contribution in [1.82, 2.24) is 4.90 Å². The van der Waals surface area contributed by atoms with Gasteiger partial charge in [-0.3, -0.25) is 4.90 Å². The molecular weight excluding hydrogens is 294 g/mol. The average molecular weight is 317 g/mol. The number of nitrogens with zero attached hydrogens (tertiary/aromatic N) is 1. The lowest BCUT2D eigenvalue weighted by molar-refractivity contribution is 0.193. The minimum absolute atomic E-state index is 0.585. The molecule has 0 N–H and O–H groups in total. The van der Waals surface area contributed by atoms with Crippen molar-refractivity contribution in [3.8, 4) is 5.75 Å². The number of hydrogen-bond donors (Lipinski definition) is 0. The van der Waals surface area contributed by atoms with E-state index >= 15 is 0 Å². The van der Waals surface area contributed by atoms with Gasteiger partial charge in [0.1, 0.15) is 5.75 Å². The smallest absolute Gasteiger partial charge is 0.118 e. The lowest BCUT2D eigenvalue weighted by Crippen LogP contribution is -2.41. The monoisotopic (exact) mass is 317 g/mol. The predicted octanol–water partition coefficient (Wildman–Crippen LogP) is 4.46. The molecule has 2 aromatic rings. The Bertz CT molecular complexity index is 820. The first-order valence-corrected chi connectivity index (χ1v) is 8.96. The van der Waals surface area contributed by atoms with Crippen molar-refractivity contribution in [2.75, 3.05) is 14.2 Å². The van der Waals surface area contributed by atoms with Gasteiger partial charge < -0.3 is 4.74 Å². The molecule has 2 bridgehead atoms. The van der Waals surface area contributed by atoms with Gasteiger partial charge in [0, 0.05) is 18.0 Å². The highest BCUT2D eigenvalue weighted by molar-refractivity contribution is 5.89. The van der Waals surface area contributed by atoms with E-state index in [1.165, 1.54) is 41.5 Å². The van der Waals surface area contributed by atoms with Crippen LogP contribution in [0, 0.1) is 0 Å². The fourth-order valence-electron chi connectivity index (χ4n) is 5.22. The molecule has 0 amide bonds. The van der Waals surface area contributed by atoms with Gasteiger partial charge in [0.15, 0.2) is 0 Å². The van der Waals surface area contributed by atoms with E-state index in [-0.39, 0.29) is 0 Å². The molecule has 122 valence electrons. The largest absolute Gasteiger partial charge is 0.497 e. The van der Waals surface area contributed by atoms with Crippen LogP contribution in [0.1, 0.15) is 41.9 Å². The van der Waals surface area contributed by atoms with Crippen LogP contribution in [0.15, 0.2) is 54.1 Å². The highest BCUT2D eigenvalue weighted by Crippen LogP contribution is 2.55. The second-order valence-electron chi connectivity index (χ2n) is 7.36. The first-order valence-electron chi connectivity index (χ1n) is 8.96. The second-order valence-corrected chi connectivity index (χ2v) is 7.36. The molecule has 3 aliphatic rings. The fourth-order valence-corrected chi connectivity index (χ4v) is 5.22. The number of piperidine rings is 1. The van der Waals surface area contributed by atoms with E-state index in [1.807, 2.05) is 0 Å². The molecule has 2 aromatic carbocycles. The lowest BCUT2D eigenvalue weighted by atomic mass is 9.83. The first-order chi connectivity index (χ1) is 11.8. The maximum absolute atomic E-state index is 5.34. The Morgan fingerprint density at radius 2 is 1.79 bits per heavy atom. The Balaban J connectivity index is 1.70. The van der Waals surface area contributed by atoms with Gasteiger partial charge >= 0.3 is 0 Å². The average Bonchev–Trinajstić information content (AvgIpc) is 3.06. The molecule has 5 rings (SSSR count). The van der Waals surface area contributed by atoms with E-state index in [0.717, 1.165) is 11.8 Å². The maximum atomic E-state index is 5.34. The zero-order valence-corrected chi connectivity index (χ0v) is 14.3. The Labute approximate surface area is 143 Å². The minimum Gasteiger partial charge on any atom is -0.497 e. The summed E-state index contributed by atoms with van der Waals surface area (Å²) in [5.74, 6) is 1.51. The number of likely N-dealkylation sites (N-methyl/N-ethyl adjacent to an activating group) is 1. The van der Waals surface area contributed by atoms with Gasteiger partial charge in [0.2, 0.25) is 0 Å². The summed E-state index contributed by atoms with van der Waals surface area (Å²) in [7, 11) is 4.06. The van der Waals surface area contributed by atoms with Gasteiger partial charge in [-0.05, 0) is 60.7 Å². The van der Waals surface area contributed by atoms with Gasteiger partial charge in [0.25, 0.3) is 0 Å². The summed E-state index contributed by atoms with van der Waals surface area (Å²) in [6.45, 7) is 0. The predicted molar refractivity (Wildman–Crippen MR) is 97.4 cm³/mol. The molecule has 3 unspecified atom stereocenters. The number of hydrogen-bond acceptors (Lipinski definition) is 2. The Morgan fingerprint density at radius 3 is 2.58 bits per heavy atom. The Morgan fingerprint density at radius 1 is 1.00 bits per heavy atom. The van der Waals surface area contributed by atoms with Crippen LogP contribution >= 0.6 is 0 Å². The van der Waals surface area contributed by atoms with Crippen molar-refractivity contribution in [3.63, 3.8) is 0 Å². The highest BCUT2D eigenvalue weighted by Gasteiger charge is 2.47. The number of fused-ring (bicyclic) bond motifs is 6. The molecule has 2 fully saturated rings. The lowest BCUT2D eigenvalue weighted by Gasteiger charge is -2.38. The van der Waals surface area contributed by atoms with Crippen molar-refractivity contribution in [2.24, 2.45) is 0 Å². The molecule has 2 saturated heterocycles. The summed E-state index contributed by atoms with van der Waals surface area (Å²) < 4.78 is 5.34. The normalized spacial score (nSPS) is 28.0. The van der Waals surface area contributed by atoms with Crippen molar-refractivity contribution < 1.29 is 4.74 Å². The third-order valence-corrected chi connectivity index (χ3v) is 6.38. The third-order valence-electron chi connectivity index (χ3n) is 6.38. The van der Waals surface area contributed by atoms with E-state index in [1.54, 1.807) is 12.7 Å². The molecule has 1 aliphatic carbocycles. The summed E-state index contributed by atoms with van der Waals surface area (Å²) >= 11 is 0. The third kappa shape index (κ3) is 1.86. The van der Waals surface area contributed by atoms with Crippen LogP contribution in [0.4, 0.5) is 0 Å². The van der Waals surface area contributed by atoms with Crippen LogP contribution in [0.5, 0.6) is 5.75 Å². The molecular formula is C22H23NO. The van der Waals surface area contributed by atoms with Gasteiger partial charge in [-0.15, -0.1) is 0 Å². The van der Waals surface area contributed by atoms with E-state index in [4.69, 9.17) is 4.74 Å². The Hall–Kier alpha value is -2.06. The molecule has 3 atom stereocenters. The van der Waals surface area contributed by atoms with Crippen LogP contribution in [-0.4, -0.2) is 31.1 Å². The molecule has 2 aliphatic heterocycles. The quantitative estimate of drug-likeness (QED) is 0.811. The summed E-state index contributed by atoms with van der Waals surface area (Å²) in [6.07, 6.45) is 3.90. The van der Waals surface area contributed by atoms with Crippen molar-refractivity contribution >= 4 is 5.57 Å². The van der Waals surface area contributed by atoms with Crippen molar-refractivity contribution in [2.45, 2.75) is 37.3 Å². The second kappa shape index (κ2) is 5.22. The first kappa shape index (κ1) is 14.3. The van der Waals surface area contributed by atoms with Crippen molar-refractivity contribution in [3.05, 3.63) is 70.8 Å². The zero-order valence-electron chi connectivity index (χ0n) is 14.3. The van der Waals surface area contributed by atoms with Gasteiger partial charge in [0.05, 0.1) is 7.11 Å². The number of methoxy groups -OCH3 is 1. The molecule has 0 radical (unpaired) electrons. The molecule has 2 nitrogen and oxygen atoms in total. The fraction of sp³-hybridized carbons (Fsp3) is 0.364. The number of rotatable bonds is 2. The standard InChI is InChI=1S/C22H23NO/c1-23-15-9-12-20(23)22-18-6-4-3-5-17(18)21(19(22)13-15)14-7-10-16(24-2)11-8-14/h3-8,10-11,15,20,22H,9,12-13H2,1-2H3. The van der Waals surface area contributed by atoms with Crippen LogP contribution in [0.25, 0.3) is 5.57 Å². The van der Waals surface area contributed by atoms with Crippen LogP contribution in [0.3, 0.4) is 0 Å². The maximum Gasteiger partial charge on any atom is 0.118 e. The van der Waals surface area contributed by atoms with Crippen LogP contribution in [-0.2, 0) is 0 Å². The van der Waals surface area contributed by atoms with E-state index in [0.29, 0.717) is 12.0 Å². The zero-order chi connectivity index (χ0) is 16.3. The van der Waals surface area contributed by atoms with E-state index < -0.39 is 0 Å². The van der Waals surface area contributed by atoms with Crippen LogP contribution < -0.4 is 4.74 Å². The van der Waals surface area contributed by atoms with Crippen LogP contribution in [0.2, 0.25) is 0 Å². The van der Waals surface area contributed by atoms with Crippen molar-refractivity contribution in [1.29, 1.82) is 0 Å². The molecule has 0 aromatic heterocycles. The summed E-state index contributed by atoms with van der Waals surface area (Å²) in [6, 6.07) is 19.1. The number of ether oxygens (including phenoxy) is 1. The van der Waals surface area contributed by atoms with E-state index in [9.17, 15) is 0 Å². The summed E-state index contributed by atoms with van der Waals surface area (Å²) in [4.78, 5) is 2.64. The Kier molecular flexibility index (Phi) is 3.11. The summed E-state index contributed by atoms with van der Waals surface area (Å²) in [5.41, 5.74) is 7.49. The SMILES string of the molecule is COc1ccc(C2=C3CC4CCC(C3c3ccccc32)N4C)cc1. The number of benzene rings is 2. The van der Waals surface area contributed by atoms with Gasteiger partial charge in [-0.1, -0.05) is 42.0 Å². The highest BCUT2D eigenvalue weighted by atomic mass is 16.5. The van der Waals surface area contributed by atoms with E-state index in [2.05, 4.69) is 60.5 Å². The molecule has 0 saturated carbocycles. The molecule has 2 heteroatoms.